The molecule has 0 fully saturated rings. The second-order valence-corrected chi connectivity index (χ2v) is 7.09. The first-order valence-corrected chi connectivity index (χ1v) is 9.50. The number of ether oxygens (including phenoxy) is 3. The zero-order chi connectivity index (χ0) is 18.6. The highest BCUT2D eigenvalue weighted by Gasteiger charge is 2.19. The van der Waals surface area contributed by atoms with Gasteiger partial charge in [0.25, 0.3) is 5.91 Å². The Morgan fingerprint density at radius 3 is 2.59 bits per heavy atom. The summed E-state index contributed by atoms with van der Waals surface area (Å²) in [4.78, 5) is 14.3. The molecule has 0 spiro atoms. The zero-order valence-electron chi connectivity index (χ0n) is 14.9. The molecule has 1 aromatic heterocycles. The molecular weight excluding hydrogens is 362 g/mol. The SMILES string of the molecule is COc1cc(-c2ccccc2)sc1C(=O)Nc1ccc2c(c1)OCCCO2. The summed E-state index contributed by atoms with van der Waals surface area (Å²) in [5, 5.41) is 2.92. The summed E-state index contributed by atoms with van der Waals surface area (Å²) in [6, 6.07) is 17.2. The average Bonchev–Trinajstić information content (AvgIpc) is 3.01. The van der Waals surface area contributed by atoms with E-state index in [0.717, 1.165) is 16.9 Å². The summed E-state index contributed by atoms with van der Waals surface area (Å²) in [5.41, 5.74) is 1.70. The van der Waals surface area contributed by atoms with Gasteiger partial charge in [0.1, 0.15) is 10.6 Å². The number of hydrogen-bond donors (Lipinski definition) is 1. The van der Waals surface area contributed by atoms with Crippen molar-refractivity contribution in [3.05, 3.63) is 59.5 Å². The molecule has 138 valence electrons. The molecule has 1 aliphatic rings. The topological polar surface area (TPSA) is 56.8 Å². The van der Waals surface area contributed by atoms with Gasteiger partial charge in [0.05, 0.1) is 20.3 Å². The molecule has 1 amide bonds. The number of nitrogens with one attached hydrogen (secondary N) is 1. The molecule has 0 radical (unpaired) electrons. The van der Waals surface area contributed by atoms with Crippen molar-refractivity contribution in [3.63, 3.8) is 0 Å². The van der Waals surface area contributed by atoms with E-state index < -0.39 is 0 Å². The van der Waals surface area contributed by atoms with Crippen molar-refractivity contribution in [2.24, 2.45) is 0 Å². The molecule has 0 unspecified atom stereocenters. The summed E-state index contributed by atoms with van der Waals surface area (Å²) in [5.74, 6) is 1.69. The maximum atomic E-state index is 12.8. The van der Waals surface area contributed by atoms with Gasteiger partial charge in [0.15, 0.2) is 11.5 Å². The van der Waals surface area contributed by atoms with Gasteiger partial charge in [-0.25, -0.2) is 0 Å². The molecular formula is C21H19NO4S. The standard InChI is InChI=1S/C21H19NO4S/c1-24-18-13-19(14-6-3-2-4-7-14)27-20(18)21(23)22-15-8-9-16-17(12-15)26-11-5-10-25-16/h2-4,6-9,12-13H,5,10-11H2,1H3,(H,22,23). The number of carbonyl (C=O) groups is 1. The Kier molecular flexibility index (Phi) is 4.98. The molecule has 6 heteroatoms. The maximum Gasteiger partial charge on any atom is 0.269 e. The van der Waals surface area contributed by atoms with E-state index in [1.807, 2.05) is 48.5 Å². The van der Waals surface area contributed by atoms with Crippen molar-refractivity contribution in [3.8, 4) is 27.7 Å². The van der Waals surface area contributed by atoms with Gasteiger partial charge < -0.3 is 19.5 Å². The largest absolute Gasteiger partial charge is 0.495 e. The van der Waals surface area contributed by atoms with Crippen molar-refractivity contribution in [1.82, 2.24) is 0 Å². The number of thiophene rings is 1. The average molecular weight is 381 g/mol. The van der Waals surface area contributed by atoms with Crippen LogP contribution in [-0.2, 0) is 0 Å². The van der Waals surface area contributed by atoms with Crippen LogP contribution in [0.2, 0.25) is 0 Å². The fraction of sp³-hybridized carbons (Fsp3) is 0.190. The van der Waals surface area contributed by atoms with Gasteiger partial charge in [0, 0.05) is 23.1 Å². The predicted octanol–water partition coefficient (Wildman–Crippen LogP) is 4.84. The summed E-state index contributed by atoms with van der Waals surface area (Å²) in [7, 11) is 1.57. The lowest BCUT2D eigenvalue weighted by atomic mass is 10.2. The zero-order valence-corrected chi connectivity index (χ0v) is 15.7. The third-order valence-electron chi connectivity index (χ3n) is 4.19. The lowest BCUT2D eigenvalue weighted by molar-refractivity contribution is 0.102. The highest BCUT2D eigenvalue weighted by Crippen LogP contribution is 2.37. The molecule has 0 bridgehead atoms. The van der Waals surface area contributed by atoms with Crippen LogP contribution < -0.4 is 19.5 Å². The second-order valence-electron chi connectivity index (χ2n) is 6.04. The first-order valence-electron chi connectivity index (χ1n) is 8.69. The molecule has 27 heavy (non-hydrogen) atoms. The van der Waals surface area contributed by atoms with Crippen molar-refractivity contribution >= 4 is 22.9 Å². The summed E-state index contributed by atoms with van der Waals surface area (Å²) >= 11 is 1.40. The van der Waals surface area contributed by atoms with Crippen LogP contribution in [0.5, 0.6) is 17.2 Å². The molecule has 1 aliphatic heterocycles. The van der Waals surface area contributed by atoms with Gasteiger partial charge in [-0.3, -0.25) is 4.79 Å². The van der Waals surface area contributed by atoms with Crippen LogP contribution in [0.25, 0.3) is 10.4 Å². The van der Waals surface area contributed by atoms with Crippen molar-refractivity contribution in [2.75, 3.05) is 25.6 Å². The molecule has 3 aromatic rings. The summed E-state index contributed by atoms with van der Waals surface area (Å²) < 4.78 is 16.7. The van der Waals surface area contributed by atoms with E-state index in [0.29, 0.717) is 41.0 Å². The van der Waals surface area contributed by atoms with E-state index in [2.05, 4.69) is 5.32 Å². The maximum absolute atomic E-state index is 12.8. The summed E-state index contributed by atoms with van der Waals surface area (Å²) in [6.45, 7) is 1.23. The van der Waals surface area contributed by atoms with Crippen molar-refractivity contribution in [2.45, 2.75) is 6.42 Å². The van der Waals surface area contributed by atoms with Crippen LogP contribution in [0.15, 0.2) is 54.6 Å². The monoisotopic (exact) mass is 381 g/mol. The number of amides is 1. The third-order valence-corrected chi connectivity index (χ3v) is 5.35. The number of rotatable bonds is 4. The molecule has 4 rings (SSSR count). The van der Waals surface area contributed by atoms with E-state index in [4.69, 9.17) is 14.2 Å². The van der Waals surface area contributed by atoms with Crippen LogP contribution in [0.1, 0.15) is 16.1 Å². The Balaban J connectivity index is 1.58. The Hall–Kier alpha value is -2.99. The van der Waals surface area contributed by atoms with Crippen molar-refractivity contribution < 1.29 is 19.0 Å². The summed E-state index contributed by atoms with van der Waals surface area (Å²) in [6.07, 6.45) is 0.838. The van der Waals surface area contributed by atoms with Crippen LogP contribution in [0.3, 0.4) is 0 Å². The number of carbonyl (C=O) groups excluding carboxylic acids is 1. The van der Waals surface area contributed by atoms with Crippen LogP contribution in [-0.4, -0.2) is 26.2 Å². The van der Waals surface area contributed by atoms with Gasteiger partial charge in [-0.1, -0.05) is 30.3 Å². The number of anilines is 1. The highest BCUT2D eigenvalue weighted by molar-refractivity contribution is 7.17. The Bertz CT molecular complexity index is 952. The molecule has 0 aliphatic carbocycles. The first-order chi connectivity index (χ1) is 13.2. The van der Waals surface area contributed by atoms with Gasteiger partial charge in [-0.05, 0) is 23.8 Å². The number of hydrogen-bond acceptors (Lipinski definition) is 5. The lowest BCUT2D eigenvalue weighted by Gasteiger charge is -2.10. The molecule has 0 saturated carbocycles. The highest BCUT2D eigenvalue weighted by atomic mass is 32.1. The van der Waals surface area contributed by atoms with E-state index in [9.17, 15) is 4.79 Å². The fourth-order valence-corrected chi connectivity index (χ4v) is 3.88. The minimum absolute atomic E-state index is 0.214. The first kappa shape index (κ1) is 17.4. The normalized spacial score (nSPS) is 12.9. The Labute approximate surface area is 161 Å². The van der Waals surface area contributed by atoms with Crippen LogP contribution in [0.4, 0.5) is 5.69 Å². The Morgan fingerprint density at radius 1 is 1.04 bits per heavy atom. The van der Waals surface area contributed by atoms with E-state index in [1.54, 1.807) is 13.2 Å². The molecule has 2 heterocycles. The number of methoxy groups -OCH3 is 1. The Morgan fingerprint density at radius 2 is 1.81 bits per heavy atom. The smallest absolute Gasteiger partial charge is 0.269 e. The quantitative estimate of drug-likeness (QED) is 0.703. The molecule has 1 N–H and O–H groups in total. The van der Waals surface area contributed by atoms with Gasteiger partial charge in [-0.2, -0.15) is 0 Å². The van der Waals surface area contributed by atoms with Gasteiger partial charge >= 0.3 is 0 Å². The van der Waals surface area contributed by atoms with Gasteiger partial charge in [0.2, 0.25) is 0 Å². The van der Waals surface area contributed by atoms with E-state index in [-0.39, 0.29) is 5.91 Å². The minimum atomic E-state index is -0.214. The lowest BCUT2D eigenvalue weighted by Crippen LogP contribution is -2.11. The van der Waals surface area contributed by atoms with E-state index >= 15 is 0 Å². The van der Waals surface area contributed by atoms with Crippen LogP contribution in [0, 0.1) is 0 Å². The van der Waals surface area contributed by atoms with Crippen LogP contribution >= 0.6 is 11.3 Å². The molecule has 0 atom stereocenters. The molecule has 2 aromatic carbocycles. The fourth-order valence-electron chi connectivity index (χ4n) is 2.86. The molecule has 0 saturated heterocycles. The van der Waals surface area contributed by atoms with E-state index in [1.165, 1.54) is 11.3 Å². The molecule has 5 nitrogen and oxygen atoms in total. The van der Waals surface area contributed by atoms with Crippen molar-refractivity contribution in [1.29, 1.82) is 0 Å². The predicted molar refractivity (Wildman–Crippen MR) is 106 cm³/mol. The number of fused-ring (bicyclic) bond motifs is 1. The van der Waals surface area contributed by atoms with Gasteiger partial charge in [-0.15, -0.1) is 11.3 Å². The number of benzene rings is 2. The minimum Gasteiger partial charge on any atom is -0.495 e. The third kappa shape index (κ3) is 3.75. The second kappa shape index (κ2) is 7.72.